The van der Waals surface area contributed by atoms with Crippen molar-refractivity contribution >= 4 is 5.91 Å². The third-order valence-electron chi connectivity index (χ3n) is 4.03. The van der Waals surface area contributed by atoms with E-state index in [4.69, 9.17) is 9.47 Å². The monoisotopic (exact) mass is 315 g/mol. The van der Waals surface area contributed by atoms with E-state index in [1.807, 2.05) is 43.1 Å². The molecule has 2 aromatic rings. The summed E-state index contributed by atoms with van der Waals surface area (Å²) in [6.45, 7) is 0.968. The van der Waals surface area contributed by atoms with Gasteiger partial charge in [-0.3, -0.25) is 4.79 Å². The third-order valence-corrected chi connectivity index (χ3v) is 4.03. The van der Waals surface area contributed by atoms with Gasteiger partial charge in [0.1, 0.15) is 5.82 Å². The smallest absolute Gasteiger partial charge is 0.231 e. The van der Waals surface area contributed by atoms with Crippen LogP contribution < -0.4 is 9.47 Å². The molecule has 0 fully saturated rings. The second-order valence-corrected chi connectivity index (χ2v) is 5.74. The van der Waals surface area contributed by atoms with Gasteiger partial charge in [0.15, 0.2) is 11.5 Å². The molecule has 23 heavy (non-hydrogen) atoms. The second kappa shape index (κ2) is 6.73. The number of rotatable bonds is 6. The first-order valence-electron chi connectivity index (χ1n) is 7.72. The Balaban J connectivity index is 1.48. The molecule has 0 N–H and O–H groups in total. The Kier molecular flexibility index (Phi) is 4.50. The average Bonchev–Trinajstić information content (AvgIpc) is 3.15. The van der Waals surface area contributed by atoms with E-state index in [1.165, 1.54) is 0 Å². The summed E-state index contributed by atoms with van der Waals surface area (Å²) in [7, 11) is 3.82. The zero-order chi connectivity index (χ0) is 16.2. The molecule has 6 heteroatoms. The molecule has 0 saturated heterocycles. The fraction of sp³-hybridized carbons (Fsp3) is 0.412. The number of fused-ring (bicyclic) bond motifs is 1. The van der Waals surface area contributed by atoms with Gasteiger partial charge < -0.3 is 18.9 Å². The van der Waals surface area contributed by atoms with Crippen LogP contribution in [0.3, 0.4) is 0 Å². The van der Waals surface area contributed by atoms with E-state index in [0.717, 1.165) is 36.5 Å². The number of aromatic nitrogens is 2. The SMILES string of the molecule is CN(CCCc1nccn1C)C(=O)Cc1ccc2c(c1)OCO2. The van der Waals surface area contributed by atoms with Crippen molar-refractivity contribution in [2.75, 3.05) is 20.4 Å². The zero-order valence-electron chi connectivity index (χ0n) is 13.5. The molecule has 0 atom stereocenters. The first-order valence-corrected chi connectivity index (χ1v) is 7.72. The largest absolute Gasteiger partial charge is 0.454 e. The number of aryl methyl sites for hydroxylation is 2. The molecule has 0 aliphatic carbocycles. The van der Waals surface area contributed by atoms with Crippen molar-refractivity contribution in [2.24, 2.45) is 7.05 Å². The number of carbonyl (C=O) groups is 1. The molecule has 2 heterocycles. The molecule has 3 rings (SSSR count). The fourth-order valence-electron chi connectivity index (χ4n) is 2.60. The van der Waals surface area contributed by atoms with Crippen LogP contribution in [-0.2, 0) is 24.7 Å². The molecular formula is C17H21N3O3. The molecule has 0 unspecified atom stereocenters. The molecule has 0 saturated carbocycles. The summed E-state index contributed by atoms with van der Waals surface area (Å²) in [6, 6.07) is 5.64. The van der Waals surface area contributed by atoms with E-state index in [0.29, 0.717) is 12.2 Å². The number of benzene rings is 1. The second-order valence-electron chi connectivity index (χ2n) is 5.74. The summed E-state index contributed by atoms with van der Waals surface area (Å²) in [5.41, 5.74) is 0.940. The van der Waals surface area contributed by atoms with Gasteiger partial charge in [-0.05, 0) is 24.1 Å². The summed E-state index contributed by atoms with van der Waals surface area (Å²) < 4.78 is 12.6. The van der Waals surface area contributed by atoms with Gasteiger partial charge in [-0.2, -0.15) is 0 Å². The number of carbonyl (C=O) groups excluding carboxylic acids is 1. The maximum atomic E-state index is 12.3. The maximum Gasteiger partial charge on any atom is 0.231 e. The highest BCUT2D eigenvalue weighted by atomic mass is 16.7. The molecule has 0 spiro atoms. The highest BCUT2D eigenvalue weighted by Crippen LogP contribution is 2.32. The van der Waals surface area contributed by atoms with Crippen LogP contribution >= 0.6 is 0 Å². The molecule has 0 radical (unpaired) electrons. The number of likely N-dealkylation sites (N-methyl/N-ethyl adjacent to an activating group) is 1. The number of ether oxygens (including phenoxy) is 2. The van der Waals surface area contributed by atoms with Gasteiger partial charge >= 0.3 is 0 Å². The fourth-order valence-corrected chi connectivity index (χ4v) is 2.60. The lowest BCUT2D eigenvalue weighted by atomic mass is 10.1. The van der Waals surface area contributed by atoms with E-state index in [1.54, 1.807) is 11.1 Å². The van der Waals surface area contributed by atoms with Crippen LogP contribution in [0.1, 0.15) is 17.8 Å². The van der Waals surface area contributed by atoms with Crippen LogP contribution in [-0.4, -0.2) is 40.7 Å². The molecule has 6 nitrogen and oxygen atoms in total. The van der Waals surface area contributed by atoms with Gasteiger partial charge in [0.05, 0.1) is 6.42 Å². The summed E-state index contributed by atoms with van der Waals surface area (Å²) in [5, 5.41) is 0. The van der Waals surface area contributed by atoms with E-state index in [9.17, 15) is 4.79 Å². The first-order chi connectivity index (χ1) is 11.1. The van der Waals surface area contributed by atoms with Crippen molar-refractivity contribution in [3.63, 3.8) is 0 Å². The molecular weight excluding hydrogens is 294 g/mol. The number of nitrogens with zero attached hydrogens (tertiary/aromatic N) is 3. The molecule has 1 aromatic carbocycles. The lowest BCUT2D eigenvalue weighted by molar-refractivity contribution is -0.129. The molecule has 1 amide bonds. The minimum atomic E-state index is 0.101. The Morgan fingerprint density at radius 1 is 1.35 bits per heavy atom. The van der Waals surface area contributed by atoms with Crippen LogP contribution in [0.5, 0.6) is 11.5 Å². The Hall–Kier alpha value is -2.50. The minimum Gasteiger partial charge on any atom is -0.454 e. The maximum absolute atomic E-state index is 12.3. The Bertz CT molecular complexity index is 696. The standard InChI is InChI=1S/C17H21N3O3/c1-19-9-7-18-16(19)4-3-8-20(2)17(21)11-13-5-6-14-15(10-13)23-12-22-14/h5-7,9-10H,3-4,8,11-12H2,1-2H3. The van der Waals surface area contributed by atoms with Gasteiger partial charge in [0.2, 0.25) is 12.7 Å². The molecule has 122 valence electrons. The Labute approximate surface area is 135 Å². The van der Waals surface area contributed by atoms with Crippen LogP contribution in [0.2, 0.25) is 0 Å². The van der Waals surface area contributed by atoms with Crippen molar-refractivity contribution < 1.29 is 14.3 Å². The topological polar surface area (TPSA) is 56.6 Å². The third kappa shape index (κ3) is 3.64. The van der Waals surface area contributed by atoms with E-state index >= 15 is 0 Å². The van der Waals surface area contributed by atoms with E-state index < -0.39 is 0 Å². The van der Waals surface area contributed by atoms with Crippen LogP contribution in [0.4, 0.5) is 0 Å². The zero-order valence-corrected chi connectivity index (χ0v) is 13.5. The number of hydrogen-bond donors (Lipinski definition) is 0. The normalized spacial score (nSPS) is 12.4. The van der Waals surface area contributed by atoms with Crippen LogP contribution in [0.25, 0.3) is 0 Å². The predicted molar refractivity (Wildman–Crippen MR) is 85.4 cm³/mol. The van der Waals surface area contributed by atoms with E-state index in [2.05, 4.69) is 4.98 Å². The van der Waals surface area contributed by atoms with Crippen LogP contribution in [0.15, 0.2) is 30.6 Å². The van der Waals surface area contributed by atoms with Crippen molar-refractivity contribution in [1.29, 1.82) is 0 Å². The number of amides is 1. The number of imidazole rings is 1. The quantitative estimate of drug-likeness (QED) is 0.815. The molecule has 1 aromatic heterocycles. The summed E-state index contributed by atoms with van der Waals surface area (Å²) in [5.74, 6) is 2.60. The van der Waals surface area contributed by atoms with Crippen molar-refractivity contribution in [2.45, 2.75) is 19.3 Å². The Morgan fingerprint density at radius 2 is 2.17 bits per heavy atom. The highest BCUT2D eigenvalue weighted by molar-refractivity contribution is 5.78. The van der Waals surface area contributed by atoms with Crippen molar-refractivity contribution in [3.8, 4) is 11.5 Å². The molecule has 1 aliphatic heterocycles. The first kappa shape index (κ1) is 15.4. The van der Waals surface area contributed by atoms with Gasteiger partial charge in [-0.1, -0.05) is 6.07 Å². The van der Waals surface area contributed by atoms with Gasteiger partial charge in [0, 0.05) is 39.5 Å². The van der Waals surface area contributed by atoms with E-state index in [-0.39, 0.29) is 12.7 Å². The minimum absolute atomic E-state index is 0.101. The average molecular weight is 315 g/mol. The Morgan fingerprint density at radius 3 is 2.96 bits per heavy atom. The summed E-state index contributed by atoms with van der Waals surface area (Å²) in [4.78, 5) is 18.4. The summed E-state index contributed by atoms with van der Waals surface area (Å²) in [6.07, 6.45) is 5.86. The lowest BCUT2D eigenvalue weighted by Crippen LogP contribution is -2.29. The number of hydrogen-bond acceptors (Lipinski definition) is 4. The van der Waals surface area contributed by atoms with Gasteiger partial charge in [-0.25, -0.2) is 4.98 Å². The van der Waals surface area contributed by atoms with Crippen molar-refractivity contribution in [1.82, 2.24) is 14.5 Å². The molecule has 0 bridgehead atoms. The summed E-state index contributed by atoms with van der Waals surface area (Å²) >= 11 is 0. The van der Waals surface area contributed by atoms with Gasteiger partial charge in [0.25, 0.3) is 0 Å². The molecule has 1 aliphatic rings. The van der Waals surface area contributed by atoms with Gasteiger partial charge in [-0.15, -0.1) is 0 Å². The lowest BCUT2D eigenvalue weighted by Gasteiger charge is -2.17. The van der Waals surface area contributed by atoms with Crippen LogP contribution in [0, 0.1) is 0 Å². The predicted octanol–water partition coefficient (Wildman–Crippen LogP) is 1.78. The highest BCUT2D eigenvalue weighted by Gasteiger charge is 2.16. The van der Waals surface area contributed by atoms with Crippen molar-refractivity contribution in [3.05, 3.63) is 42.0 Å².